The van der Waals surface area contributed by atoms with E-state index < -0.39 is 5.60 Å². The average molecular weight is 505 g/mol. The predicted molar refractivity (Wildman–Crippen MR) is 143 cm³/mol. The van der Waals surface area contributed by atoms with Gasteiger partial charge in [-0.25, -0.2) is 0 Å². The third-order valence-electron chi connectivity index (χ3n) is 6.97. The average Bonchev–Trinajstić information content (AvgIpc) is 3.24. The van der Waals surface area contributed by atoms with Crippen LogP contribution in [-0.2, 0) is 23.4 Å². The Morgan fingerprint density at radius 2 is 2.00 bits per heavy atom. The number of nitrogens with zero attached hydrogens (tertiary/aromatic N) is 2. The minimum atomic E-state index is -0.953. The maximum Gasteiger partial charge on any atom is 0.153 e. The van der Waals surface area contributed by atoms with Crippen LogP contribution in [0.1, 0.15) is 48.9 Å². The molecule has 0 amide bonds. The standard InChI is InChI=1S/C30H33ClN2O3/c1-30(2,34)27-6-3-7-28-26(27)17-22(25-12-14-32-18-29(25)36-28)5-4-15-33-16-13-24(19-33)35-20-21-8-10-23(31)11-9-21/h3,5-12,14,18,24,34H,4,13,15-17,19-20H2,1-2H3. The van der Waals surface area contributed by atoms with Crippen LogP contribution in [0.25, 0.3) is 5.57 Å². The number of rotatable bonds is 7. The second-order valence-corrected chi connectivity index (χ2v) is 10.6. The van der Waals surface area contributed by atoms with E-state index in [1.165, 1.54) is 5.57 Å². The summed E-state index contributed by atoms with van der Waals surface area (Å²) >= 11 is 5.98. The zero-order valence-corrected chi connectivity index (χ0v) is 21.7. The number of hydrogen-bond acceptors (Lipinski definition) is 5. The summed E-state index contributed by atoms with van der Waals surface area (Å²) in [6, 6.07) is 15.8. The van der Waals surface area contributed by atoms with Crippen molar-refractivity contribution in [3.8, 4) is 11.5 Å². The van der Waals surface area contributed by atoms with Gasteiger partial charge in [0.15, 0.2) is 5.75 Å². The first-order chi connectivity index (χ1) is 17.4. The third-order valence-corrected chi connectivity index (χ3v) is 7.23. The molecule has 0 saturated carbocycles. The van der Waals surface area contributed by atoms with Crippen molar-refractivity contribution in [1.82, 2.24) is 9.88 Å². The van der Waals surface area contributed by atoms with Crippen LogP contribution in [0, 0.1) is 0 Å². The van der Waals surface area contributed by atoms with Crippen LogP contribution < -0.4 is 4.74 Å². The van der Waals surface area contributed by atoms with Crippen molar-refractivity contribution in [3.05, 3.63) is 94.3 Å². The second kappa shape index (κ2) is 10.7. The molecule has 1 atom stereocenters. The van der Waals surface area contributed by atoms with E-state index in [4.69, 9.17) is 21.1 Å². The molecule has 1 fully saturated rings. The summed E-state index contributed by atoms with van der Waals surface area (Å²) in [6.07, 6.45) is 8.85. The summed E-state index contributed by atoms with van der Waals surface area (Å²) in [5.41, 5.74) is 4.39. The second-order valence-electron chi connectivity index (χ2n) is 10.2. The summed E-state index contributed by atoms with van der Waals surface area (Å²) in [5, 5.41) is 11.6. The summed E-state index contributed by atoms with van der Waals surface area (Å²) in [7, 11) is 0. The van der Waals surface area contributed by atoms with Gasteiger partial charge in [0.2, 0.25) is 0 Å². The molecule has 5 nitrogen and oxygen atoms in total. The number of ether oxygens (including phenoxy) is 2. The molecule has 3 aromatic rings. The minimum Gasteiger partial charge on any atom is -0.455 e. The van der Waals surface area contributed by atoms with Crippen LogP contribution in [0.4, 0.5) is 0 Å². The topological polar surface area (TPSA) is 54.8 Å². The Bertz CT molecular complexity index is 1230. The Morgan fingerprint density at radius 1 is 1.17 bits per heavy atom. The lowest BCUT2D eigenvalue weighted by molar-refractivity contribution is 0.0468. The fraction of sp³-hybridized carbons (Fsp3) is 0.367. The molecule has 0 bridgehead atoms. The summed E-state index contributed by atoms with van der Waals surface area (Å²) in [4.78, 5) is 6.76. The van der Waals surface area contributed by atoms with E-state index >= 15 is 0 Å². The van der Waals surface area contributed by atoms with E-state index in [-0.39, 0.29) is 6.10 Å². The van der Waals surface area contributed by atoms with Gasteiger partial charge in [-0.05, 0) is 67.7 Å². The van der Waals surface area contributed by atoms with Gasteiger partial charge in [-0.3, -0.25) is 4.98 Å². The van der Waals surface area contributed by atoms with Crippen molar-refractivity contribution < 1.29 is 14.6 Å². The molecule has 5 rings (SSSR count). The summed E-state index contributed by atoms with van der Waals surface area (Å²) in [5.74, 6) is 1.54. The smallest absolute Gasteiger partial charge is 0.153 e. The van der Waals surface area contributed by atoms with Crippen LogP contribution in [0.5, 0.6) is 11.5 Å². The van der Waals surface area contributed by atoms with Crippen molar-refractivity contribution in [3.63, 3.8) is 0 Å². The summed E-state index contributed by atoms with van der Waals surface area (Å²) < 4.78 is 12.4. The maximum atomic E-state index is 10.8. The molecule has 1 aromatic heterocycles. The molecule has 2 aromatic carbocycles. The third kappa shape index (κ3) is 5.81. The van der Waals surface area contributed by atoms with Crippen LogP contribution in [0.15, 0.2) is 67.0 Å². The quantitative estimate of drug-likeness (QED) is 0.405. The molecule has 3 heterocycles. The molecular weight excluding hydrogens is 472 g/mol. The number of aliphatic hydroxyl groups is 1. The molecule has 0 aliphatic carbocycles. The van der Waals surface area contributed by atoms with Crippen molar-refractivity contribution in [2.75, 3.05) is 19.6 Å². The largest absolute Gasteiger partial charge is 0.455 e. The van der Waals surface area contributed by atoms with Crippen LogP contribution in [0.3, 0.4) is 0 Å². The Labute approximate surface area is 218 Å². The Hall–Kier alpha value is -2.70. The number of allylic oxidation sites excluding steroid dienone is 1. The molecule has 2 aliphatic rings. The first kappa shape index (κ1) is 25.0. The first-order valence-corrected chi connectivity index (χ1v) is 13.0. The van der Waals surface area contributed by atoms with Crippen molar-refractivity contribution >= 4 is 17.2 Å². The van der Waals surface area contributed by atoms with Gasteiger partial charge < -0.3 is 19.5 Å². The lowest BCUT2D eigenvalue weighted by atomic mass is 9.88. The Kier molecular flexibility index (Phi) is 7.44. The van der Waals surface area contributed by atoms with Gasteiger partial charge in [-0.15, -0.1) is 0 Å². The van der Waals surface area contributed by atoms with Gasteiger partial charge in [-0.1, -0.05) is 41.9 Å². The Balaban J connectivity index is 1.25. The fourth-order valence-corrected chi connectivity index (χ4v) is 5.21. The van der Waals surface area contributed by atoms with Crippen LogP contribution >= 0.6 is 11.6 Å². The van der Waals surface area contributed by atoms with Gasteiger partial charge in [-0.2, -0.15) is 0 Å². The highest BCUT2D eigenvalue weighted by Gasteiger charge is 2.27. The SMILES string of the molecule is CC(C)(O)c1cccc2c1CC(=CCCN1CCC(OCc3ccc(Cl)cc3)C1)c1ccncc1O2. The molecule has 188 valence electrons. The fourth-order valence-electron chi connectivity index (χ4n) is 5.08. The molecule has 1 N–H and O–H groups in total. The number of hydrogen-bond donors (Lipinski definition) is 1. The highest BCUT2D eigenvalue weighted by molar-refractivity contribution is 6.30. The van der Waals surface area contributed by atoms with E-state index in [1.807, 2.05) is 68.6 Å². The van der Waals surface area contributed by atoms with Gasteiger partial charge >= 0.3 is 0 Å². The van der Waals surface area contributed by atoms with Crippen LogP contribution in [0.2, 0.25) is 5.02 Å². The maximum absolute atomic E-state index is 10.8. The molecule has 2 aliphatic heterocycles. The van der Waals surface area contributed by atoms with Gasteiger partial charge in [0, 0.05) is 48.4 Å². The summed E-state index contributed by atoms with van der Waals surface area (Å²) in [6.45, 7) is 7.24. The lowest BCUT2D eigenvalue weighted by Gasteiger charge is -2.23. The van der Waals surface area contributed by atoms with Crippen molar-refractivity contribution in [1.29, 1.82) is 0 Å². The number of halogens is 1. The highest BCUT2D eigenvalue weighted by Crippen LogP contribution is 2.42. The monoisotopic (exact) mass is 504 g/mol. The van der Waals surface area contributed by atoms with Crippen LogP contribution in [-0.4, -0.2) is 40.7 Å². The molecule has 0 radical (unpaired) electrons. The van der Waals surface area contributed by atoms with Crippen molar-refractivity contribution in [2.24, 2.45) is 0 Å². The zero-order valence-electron chi connectivity index (χ0n) is 20.9. The molecular formula is C30H33ClN2O3. The number of aromatic nitrogens is 1. The van der Waals surface area contributed by atoms with E-state index in [2.05, 4.69) is 16.0 Å². The highest BCUT2D eigenvalue weighted by atomic mass is 35.5. The van der Waals surface area contributed by atoms with Crippen molar-refractivity contribution in [2.45, 2.75) is 51.4 Å². The number of likely N-dealkylation sites (tertiary alicyclic amines) is 1. The van der Waals surface area contributed by atoms with Gasteiger partial charge in [0.25, 0.3) is 0 Å². The van der Waals surface area contributed by atoms with E-state index in [1.54, 1.807) is 6.20 Å². The normalized spacial score (nSPS) is 19.0. The number of fused-ring (bicyclic) bond motifs is 2. The predicted octanol–water partition coefficient (Wildman–Crippen LogP) is 6.38. The molecule has 36 heavy (non-hydrogen) atoms. The van der Waals surface area contributed by atoms with E-state index in [0.717, 1.165) is 71.3 Å². The van der Waals surface area contributed by atoms with E-state index in [0.29, 0.717) is 13.0 Å². The van der Waals surface area contributed by atoms with E-state index in [9.17, 15) is 5.11 Å². The number of benzene rings is 2. The van der Waals surface area contributed by atoms with Gasteiger partial charge in [0.1, 0.15) is 5.75 Å². The molecule has 1 saturated heterocycles. The first-order valence-electron chi connectivity index (χ1n) is 12.6. The number of pyridine rings is 1. The van der Waals surface area contributed by atoms with Gasteiger partial charge in [0.05, 0.1) is 24.5 Å². The Morgan fingerprint density at radius 3 is 2.81 bits per heavy atom. The lowest BCUT2D eigenvalue weighted by Crippen LogP contribution is -2.24. The molecule has 1 unspecified atom stereocenters. The minimum absolute atomic E-state index is 0.257. The molecule has 0 spiro atoms. The zero-order chi connectivity index (χ0) is 25.1. The molecule has 6 heteroatoms.